The predicted octanol–water partition coefficient (Wildman–Crippen LogP) is 4.31. The molecule has 0 bridgehead atoms. The Morgan fingerprint density at radius 3 is 2.65 bits per heavy atom. The van der Waals surface area contributed by atoms with Crippen LogP contribution in [0.4, 0.5) is 0 Å². The summed E-state index contributed by atoms with van der Waals surface area (Å²) in [6.07, 6.45) is 5.05. The fraction of sp³-hybridized carbons (Fsp3) is 0.562. The minimum atomic E-state index is 0.171. The molecule has 1 aromatic carbocycles. The number of nitrogens with one attached hydrogen (secondary N) is 1. The lowest BCUT2D eigenvalue weighted by Crippen LogP contribution is -2.25. The SMILES string of the molecule is CCCCSCCC(=O)NCCCc1ccc(Cl)cc1. The Bertz CT molecular complexity index is 381. The van der Waals surface area contributed by atoms with Gasteiger partial charge in [-0.25, -0.2) is 0 Å². The molecule has 112 valence electrons. The molecule has 2 nitrogen and oxygen atoms in total. The molecule has 4 heteroatoms. The van der Waals surface area contributed by atoms with Crippen molar-refractivity contribution in [3.05, 3.63) is 34.9 Å². The molecule has 0 radical (unpaired) electrons. The molecule has 0 saturated carbocycles. The molecule has 0 aromatic heterocycles. The summed E-state index contributed by atoms with van der Waals surface area (Å²) >= 11 is 7.71. The van der Waals surface area contributed by atoms with Crippen LogP contribution in [0.2, 0.25) is 5.02 Å². The third-order valence-corrected chi connectivity index (χ3v) is 4.32. The number of carbonyl (C=O) groups excluding carboxylic acids is 1. The summed E-state index contributed by atoms with van der Waals surface area (Å²) in [4.78, 5) is 11.6. The maximum Gasteiger partial charge on any atom is 0.220 e. The molecular weight excluding hydrogens is 290 g/mol. The van der Waals surface area contributed by atoms with Crippen LogP contribution in [0.5, 0.6) is 0 Å². The fourth-order valence-corrected chi connectivity index (χ4v) is 2.93. The highest BCUT2D eigenvalue weighted by molar-refractivity contribution is 7.99. The van der Waals surface area contributed by atoms with E-state index in [0.717, 1.165) is 30.2 Å². The Hall–Kier alpha value is -0.670. The van der Waals surface area contributed by atoms with Crippen LogP contribution >= 0.6 is 23.4 Å². The van der Waals surface area contributed by atoms with Gasteiger partial charge in [0.1, 0.15) is 0 Å². The number of hydrogen-bond acceptors (Lipinski definition) is 2. The third kappa shape index (κ3) is 8.49. The predicted molar refractivity (Wildman–Crippen MR) is 89.6 cm³/mol. The Morgan fingerprint density at radius 1 is 1.20 bits per heavy atom. The van der Waals surface area contributed by atoms with E-state index in [-0.39, 0.29) is 5.91 Å². The summed E-state index contributed by atoms with van der Waals surface area (Å²) in [5.41, 5.74) is 1.26. The number of halogens is 1. The molecule has 0 aliphatic heterocycles. The van der Waals surface area contributed by atoms with E-state index in [4.69, 9.17) is 11.6 Å². The summed E-state index contributed by atoms with van der Waals surface area (Å²) in [6.45, 7) is 2.94. The number of carbonyl (C=O) groups is 1. The minimum absolute atomic E-state index is 0.171. The molecule has 1 amide bonds. The average molecular weight is 314 g/mol. The van der Waals surface area contributed by atoms with Crippen molar-refractivity contribution >= 4 is 29.3 Å². The van der Waals surface area contributed by atoms with Crippen LogP contribution in [0, 0.1) is 0 Å². The topological polar surface area (TPSA) is 29.1 Å². The highest BCUT2D eigenvalue weighted by atomic mass is 35.5. The van der Waals surface area contributed by atoms with Gasteiger partial charge in [-0.15, -0.1) is 0 Å². The van der Waals surface area contributed by atoms with E-state index in [2.05, 4.69) is 12.2 Å². The van der Waals surface area contributed by atoms with Crippen molar-refractivity contribution in [3.63, 3.8) is 0 Å². The lowest BCUT2D eigenvalue weighted by Gasteiger charge is -2.05. The average Bonchev–Trinajstić information content (AvgIpc) is 2.45. The highest BCUT2D eigenvalue weighted by Gasteiger charge is 2.00. The molecular formula is C16H24ClNOS. The lowest BCUT2D eigenvalue weighted by molar-refractivity contribution is -0.120. The first-order valence-electron chi connectivity index (χ1n) is 7.31. The third-order valence-electron chi connectivity index (χ3n) is 2.99. The van der Waals surface area contributed by atoms with Crippen LogP contribution in [0.15, 0.2) is 24.3 Å². The molecule has 1 rings (SSSR count). The summed E-state index contributed by atoms with van der Waals surface area (Å²) < 4.78 is 0. The zero-order chi connectivity index (χ0) is 14.6. The number of amides is 1. The van der Waals surface area contributed by atoms with Gasteiger partial charge in [-0.05, 0) is 42.7 Å². The molecule has 20 heavy (non-hydrogen) atoms. The van der Waals surface area contributed by atoms with Gasteiger partial charge in [0.2, 0.25) is 5.91 Å². The van der Waals surface area contributed by atoms with E-state index in [1.54, 1.807) is 0 Å². The van der Waals surface area contributed by atoms with Crippen molar-refractivity contribution in [2.75, 3.05) is 18.1 Å². The number of thioether (sulfide) groups is 1. The number of unbranched alkanes of at least 4 members (excludes halogenated alkanes) is 1. The lowest BCUT2D eigenvalue weighted by atomic mass is 10.1. The van der Waals surface area contributed by atoms with Gasteiger partial charge >= 0.3 is 0 Å². The Balaban J connectivity index is 2.00. The van der Waals surface area contributed by atoms with Crippen molar-refractivity contribution < 1.29 is 4.79 Å². The molecule has 0 spiro atoms. The fourth-order valence-electron chi connectivity index (χ4n) is 1.77. The second kappa shape index (κ2) is 11.0. The smallest absolute Gasteiger partial charge is 0.220 e. The van der Waals surface area contributed by atoms with Crippen molar-refractivity contribution in [2.45, 2.75) is 39.0 Å². The van der Waals surface area contributed by atoms with Crippen molar-refractivity contribution in [1.29, 1.82) is 0 Å². The molecule has 0 unspecified atom stereocenters. The first-order valence-corrected chi connectivity index (χ1v) is 8.84. The van der Waals surface area contributed by atoms with E-state index >= 15 is 0 Å². The Morgan fingerprint density at radius 2 is 1.95 bits per heavy atom. The normalized spacial score (nSPS) is 10.5. The van der Waals surface area contributed by atoms with E-state index < -0.39 is 0 Å². The molecule has 0 saturated heterocycles. The summed E-state index contributed by atoms with van der Waals surface area (Å²) in [6, 6.07) is 7.88. The summed E-state index contributed by atoms with van der Waals surface area (Å²) in [7, 11) is 0. The second-order valence-electron chi connectivity index (χ2n) is 4.80. The number of hydrogen-bond donors (Lipinski definition) is 1. The van der Waals surface area contributed by atoms with Gasteiger partial charge in [-0.2, -0.15) is 11.8 Å². The second-order valence-corrected chi connectivity index (χ2v) is 6.46. The molecule has 0 fully saturated rings. The van der Waals surface area contributed by atoms with Gasteiger partial charge in [0, 0.05) is 23.7 Å². The zero-order valence-corrected chi connectivity index (χ0v) is 13.7. The van der Waals surface area contributed by atoms with Crippen LogP contribution < -0.4 is 5.32 Å². The first kappa shape index (κ1) is 17.4. The van der Waals surface area contributed by atoms with E-state index in [1.165, 1.54) is 24.2 Å². The van der Waals surface area contributed by atoms with E-state index in [0.29, 0.717) is 6.42 Å². The maximum atomic E-state index is 11.6. The molecule has 1 aromatic rings. The summed E-state index contributed by atoms with van der Waals surface area (Å²) in [5.74, 6) is 2.27. The number of aryl methyl sites for hydroxylation is 1. The first-order chi connectivity index (χ1) is 9.72. The van der Waals surface area contributed by atoms with Crippen molar-refractivity contribution in [3.8, 4) is 0 Å². The Labute approximate surface area is 131 Å². The monoisotopic (exact) mass is 313 g/mol. The molecule has 0 aliphatic carbocycles. The zero-order valence-electron chi connectivity index (χ0n) is 12.2. The Kier molecular flexibility index (Phi) is 9.60. The van der Waals surface area contributed by atoms with Gasteiger partial charge in [-0.3, -0.25) is 4.79 Å². The van der Waals surface area contributed by atoms with Crippen LogP contribution in [0.3, 0.4) is 0 Å². The van der Waals surface area contributed by atoms with Gasteiger partial charge < -0.3 is 5.32 Å². The summed E-state index contributed by atoms with van der Waals surface area (Å²) in [5, 5.41) is 3.74. The van der Waals surface area contributed by atoms with Crippen LogP contribution in [-0.2, 0) is 11.2 Å². The minimum Gasteiger partial charge on any atom is -0.356 e. The largest absolute Gasteiger partial charge is 0.356 e. The molecule has 0 heterocycles. The highest BCUT2D eigenvalue weighted by Crippen LogP contribution is 2.10. The quantitative estimate of drug-likeness (QED) is 0.652. The molecule has 0 aliphatic rings. The van der Waals surface area contributed by atoms with Crippen LogP contribution in [-0.4, -0.2) is 24.0 Å². The number of benzene rings is 1. The number of rotatable bonds is 10. The maximum absolute atomic E-state index is 11.6. The molecule has 0 atom stereocenters. The van der Waals surface area contributed by atoms with Crippen LogP contribution in [0.25, 0.3) is 0 Å². The van der Waals surface area contributed by atoms with Gasteiger partial charge in [-0.1, -0.05) is 37.1 Å². The van der Waals surface area contributed by atoms with Gasteiger partial charge in [0.15, 0.2) is 0 Å². The van der Waals surface area contributed by atoms with E-state index in [1.807, 2.05) is 36.0 Å². The molecule has 1 N–H and O–H groups in total. The standard InChI is InChI=1S/C16H24ClNOS/c1-2-3-12-20-13-10-16(19)18-11-4-5-14-6-8-15(17)9-7-14/h6-9H,2-5,10-13H2,1H3,(H,18,19). The van der Waals surface area contributed by atoms with Crippen molar-refractivity contribution in [1.82, 2.24) is 5.32 Å². The van der Waals surface area contributed by atoms with Crippen LogP contribution in [0.1, 0.15) is 38.2 Å². The van der Waals surface area contributed by atoms with E-state index in [9.17, 15) is 4.79 Å². The van der Waals surface area contributed by atoms with Crippen molar-refractivity contribution in [2.24, 2.45) is 0 Å². The van der Waals surface area contributed by atoms with Gasteiger partial charge in [0.05, 0.1) is 0 Å². The van der Waals surface area contributed by atoms with Gasteiger partial charge in [0.25, 0.3) is 0 Å².